The number of nitrogens with zero attached hydrogens (tertiary/aromatic N) is 6. The van der Waals surface area contributed by atoms with Crippen molar-refractivity contribution in [2.75, 3.05) is 43.4 Å². The molecular formula is C29H35N7O. The highest BCUT2D eigenvalue weighted by Gasteiger charge is 2.30. The maximum atomic E-state index is 10.5. The molecule has 1 aliphatic carbocycles. The predicted octanol–water partition coefficient (Wildman–Crippen LogP) is 4.72. The van der Waals surface area contributed by atoms with Crippen LogP contribution in [-0.4, -0.2) is 62.8 Å². The molecule has 37 heavy (non-hydrogen) atoms. The van der Waals surface area contributed by atoms with E-state index in [1.165, 1.54) is 29.8 Å². The minimum absolute atomic E-state index is 0.503. The molecule has 1 saturated carbocycles. The predicted molar refractivity (Wildman–Crippen MR) is 148 cm³/mol. The largest absolute Gasteiger partial charge is 0.384 e. The van der Waals surface area contributed by atoms with Crippen molar-refractivity contribution in [1.29, 1.82) is 0 Å². The van der Waals surface area contributed by atoms with Gasteiger partial charge in [0.2, 0.25) is 5.95 Å². The minimum Gasteiger partial charge on any atom is -0.384 e. The number of aryl methyl sites for hydroxylation is 1. The van der Waals surface area contributed by atoms with Crippen molar-refractivity contribution in [3.8, 4) is 5.82 Å². The van der Waals surface area contributed by atoms with Crippen molar-refractivity contribution in [1.82, 2.24) is 24.4 Å². The van der Waals surface area contributed by atoms with Crippen LogP contribution in [-0.2, 0) is 5.60 Å². The first kappa shape index (κ1) is 23.9. The maximum Gasteiger partial charge on any atom is 0.229 e. The Hall–Kier alpha value is -3.49. The van der Waals surface area contributed by atoms with Gasteiger partial charge in [-0.15, -0.1) is 0 Å². The fourth-order valence-electron chi connectivity index (χ4n) is 5.14. The topological polar surface area (TPSA) is 82.3 Å². The number of rotatable bonds is 6. The Bertz CT molecular complexity index is 1440. The monoisotopic (exact) mass is 497 g/mol. The Kier molecular flexibility index (Phi) is 5.88. The van der Waals surface area contributed by atoms with Crippen molar-refractivity contribution in [3.63, 3.8) is 0 Å². The third kappa shape index (κ3) is 4.79. The second kappa shape index (κ2) is 9.11. The lowest BCUT2D eigenvalue weighted by atomic mass is 10.1. The second-order valence-corrected chi connectivity index (χ2v) is 11.0. The van der Waals surface area contributed by atoms with Gasteiger partial charge in [-0.2, -0.15) is 4.98 Å². The van der Waals surface area contributed by atoms with E-state index in [2.05, 4.69) is 62.9 Å². The van der Waals surface area contributed by atoms with E-state index in [1.54, 1.807) is 13.8 Å². The number of hydrogen-bond donors (Lipinski definition) is 2. The molecule has 0 atom stereocenters. The summed E-state index contributed by atoms with van der Waals surface area (Å²) >= 11 is 0. The number of fused-ring (bicyclic) bond motifs is 1. The second-order valence-electron chi connectivity index (χ2n) is 11.0. The molecule has 0 radical (unpaired) electrons. The molecule has 192 valence electrons. The van der Waals surface area contributed by atoms with Crippen LogP contribution < -0.4 is 10.2 Å². The highest BCUT2D eigenvalue weighted by atomic mass is 16.3. The summed E-state index contributed by atoms with van der Waals surface area (Å²) in [5, 5.41) is 15.0. The number of piperazine rings is 1. The standard InChI is InChI=1S/C29H35N7O/c1-19-16-22(10-11-23(19)35-14-12-34(4)13-15-35)31-28-30-18-21-17-24(20-8-9-20)36(27(21)33-28)26-7-5-6-25(32-26)29(2,3)37/h5-7,10-11,16-18,20,37H,8-9,12-15H2,1-4H3,(H,30,31,33). The van der Waals surface area contributed by atoms with Crippen LogP contribution in [0.4, 0.5) is 17.3 Å². The van der Waals surface area contributed by atoms with Crippen LogP contribution in [0.2, 0.25) is 0 Å². The highest BCUT2D eigenvalue weighted by molar-refractivity contribution is 5.80. The fourth-order valence-corrected chi connectivity index (χ4v) is 5.14. The quantitative estimate of drug-likeness (QED) is 0.399. The fraction of sp³-hybridized carbons (Fsp3) is 0.414. The van der Waals surface area contributed by atoms with Crippen LogP contribution in [0.5, 0.6) is 0 Å². The van der Waals surface area contributed by atoms with Gasteiger partial charge in [-0.3, -0.25) is 4.57 Å². The van der Waals surface area contributed by atoms with E-state index < -0.39 is 5.60 Å². The van der Waals surface area contributed by atoms with E-state index >= 15 is 0 Å². The molecule has 0 amide bonds. The normalized spacial score (nSPS) is 16.9. The lowest BCUT2D eigenvalue weighted by Crippen LogP contribution is -2.44. The Labute approximate surface area is 218 Å². The molecule has 0 spiro atoms. The molecule has 3 aromatic heterocycles. The van der Waals surface area contributed by atoms with E-state index in [0.717, 1.165) is 48.7 Å². The SMILES string of the molecule is Cc1cc(Nc2ncc3cc(C4CC4)n(-c4cccc(C(C)(C)O)n4)c3n2)ccc1N1CCN(C)CC1. The van der Waals surface area contributed by atoms with Gasteiger partial charge in [-0.25, -0.2) is 9.97 Å². The van der Waals surface area contributed by atoms with Crippen LogP contribution in [0.15, 0.2) is 48.7 Å². The molecule has 2 N–H and O–H groups in total. The molecule has 2 fully saturated rings. The van der Waals surface area contributed by atoms with Crippen LogP contribution >= 0.6 is 0 Å². The van der Waals surface area contributed by atoms with Crippen LogP contribution in [0.1, 0.15) is 49.6 Å². The molecule has 8 nitrogen and oxygen atoms in total. The number of hydrogen-bond acceptors (Lipinski definition) is 7. The van der Waals surface area contributed by atoms with Gasteiger partial charge in [-0.05, 0) is 88.5 Å². The van der Waals surface area contributed by atoms with E-state index in [9.17, 15) is 5.11 Å². The summed E-state index contributed by atoms with van der Waals surface area (Å²) in [4.78, 5) is 19.2. The summed E-state index contributed by atoms with van der Waals surface area (Å²) in [6.07, 6.45) is 4.22. The Morgan fingerprint density at radius 3 is 2.49 bits per heavy atom. The van der Waals surface area contributed by atoms with E-state index in [1.807, 2.05) is 24.4 Å². The first-order valence-corrected chi connectivity index (χ1v) is 13.2. The van der Waals surface area contributed by atoms with Crippen molar-refractivity contribution >= 4 is 28.4 Å². The minimum atomic E-state index is -1.02. The van der Waals surface area contributed by atoms with Crippen molar-refractivity contribution in [2.45, 2.75) is 45.1 Å². The van der Waals surface area contributed by atoms with Gasteiger partial charge in [-0.1, -0.05) is 6.07 Å². The summed E-state index contributed by atoms with van der Waals surface area (Å²) < 4.78 is 2.14. The number of pyridine rings is 1. The summed E-state index contributed by atoms with van der Waals surface area (Å²) in [6.45, 7) is 9.95. The summed E-state index contributed by atoms with van der Waals surface area (Å²) in [5.74, 6) is 1.83. The Balaban J connectivity index is 1.33. The molecule has 0 bridgehead atoms. The van der Waals surface area contributed by atoms with Gasteiger partial charge < -0.3 is 20.2 Å². The molecular weight excluding hydrogens is 462 g/mol. The molecule has 4 heterocycles. The molecule has 8 heteroatoms. The lowest BCUT2D eigenvalue weighted by molar-refractivity contribution is 0.0738. The smallest absolute Gasteiger partial charge is 0.229 e. The third-order valence-corrected chi connectivity index (χ3v) is 7.45. The number of aromatic nitrogens is 4. The van der Waals surface area contributed by atoms with Gasteiger partial charge in [0.05, 0.1) is 5.69 Å². The van der Waals surface area contributed by atoms with E-state index in [0.29, 0.717) is 17.6 Å². The van der Waals surface area contributed by atoms with Gasteiger partial charge in [0.15, 0.2) is 5.65 Å². The zero-order valence-corrected chi connectivity index (χ0v) is 22.1. The molecule has 1 saturated heterocycles. The Morgan fingerprint density at radius 2 is 1.78 bits per heavy atom. The van der Waals surface area contributed by atoms with E-state index in [-0.39, 0.29) is 0 Å². The van der Waals surface area contributed by atoms with Crippen molar-refractivity contribution < 1.29 is 5.11 Å². The molecule has 1 aromatic carbocycles. The summed E-state index contributed by atoms with van der Waals surface area (Å²) in [6, 6.07) is 14.5. The van der Waals surface area contributed by atoms with Gasteiger partial charge in [0, 0.05) is 54.8 Å². The first-order valence-electron chi connectivity index (χ1n) is 13.2. The molecule has 0 unspecified atom stereocenters. The zero-order valence-electron chi connectivity index (χ0n) is 22.1. The Morgan fingerprint density at radius 1 is 1.00 bits per heavy atom. The van der Waals surface area contributed by atoms with Crippen LogP contribution in [0, 0.1) is 6.92 Å². The van der Waals surface area contributed by atoms with Crippen LogP contribution in [0.3, 0.4) is 0 Å². The number of benzene rings is 1. The number of likely N-dealkylation sites (N-methyl/N-ethyl adjacent to an activating group) is 1. The third-order valence-electron chi connectivity index (χ3n) is 7.45. The number of aliphatic hydroxyl groups is 1. The number of anilines is 3. The van der Waals surface area contributed by atoms with Crippen molar-refractivity contribution in [2.24, 2.45) is 0 Å². The maximum absolute atomic E-state index is 10.5. The van der Waals surface area contributed by atoms with Crippen molar-refractivity contribution in [3.05, 3.63) is 65.6 Å². The van der Waals surface area contributed by atoms with Crippen LogP contribution in [0.25, 0.3) is 16.9 Å². The first-order chi connectivity index (χ1) is 17.8. The highest BCUT2D eigenvalue weighted by Crippen LogP contribution is 2.43. The molecule has 2 aliphatic rings. The average molecular weight is 498 g/mol. The summed E-state index contributed by atoms with van der Waals surface area (Å²) in [7, 11) is 2.18. The molecule has 6 rings (SSSR count). The van der Waals surface area contributed by atoms with Gasteiger partial charge in [0.1, 0.15) is 11.4 Å². The van der Waals surface area contributed by atoms with Gasteiger partial charge >= 0.3 is 0 Å². The summed E-state index contributed by atoms with van der Waals surface area (Å²) in [5.41, 5.74) is 5.14. The number of nitrogens with one attached hydrogen (secondary N) is 1. The average Bonchev–Trinajstić information content (AvgIpc) is 3.65. The molecule has 4 aromatic rings. The van der Waals surface area contributed by atoms with Gasteiger partial charge in [0.25, 0.3) is 0 Å². The zero-order chi connectivity index (χ0) is 25.7. The molecule has 1 aliphatic heterocycles. The van der Waals surface area contributed by atoms with E-state index in [4.69, 9.17) is 9.97 Å². The lowest BCUT2D eigenvalue weighted by Gasteiger charge is -2.35.